The number of rotatable bonds is 4. The Labute approximate surface area is 122 Å². The van der Waals surface area contributed by atoms with E-state index in [0.29, 0.717) is 11.1 Å². The Balaban J connectivity index is 1.94. The third-order valence-corrected chi connectivity index (χ3v) is 2.79. The number of benzene rings is 2. The van der Waals surface area contributed by atoms with E-state index in [1.807, 2.05) is 6.07 Å². The molecule has 0 unspecified atom stereocenters. The van der Waals surface area contributed by atoms with Crippen molar-refractivity contribution >= 4 is 12.1 Å². The van der Waals surface area contributed by atoms with Crippen molar-refractivity contribution in [2.24, 2.45) is 5.10 Å². The van der Waals surface area contributed by atoms with Crippen LogP contribution in [0.4, 0.5) is 0 Å². The molecule has 0 saturated heterocycles. The highest BCUT2D eigenvalue weighted by Gasteiger charge is 2.15. The molecule has 0 aliphatic heterocycles. The molecule has 5 nitrogen and oxygen atoms in total. The molecule has 2 N–H and O–H groups in total. The summed E-state index contributed by atoms with van der Waals surface area (Å²) in [4.78, 5) is 11.7. The number of hydrazone groups is 1. The van der Waals surface area contributed by atoms with Crippen molar-refractivity contribution in [1.29, 1.82) is 5.26 Å². The van der Waals surface area contributed by atoms with Gasteiger partial charge in [-0.15, -0.1) is 0 Å². The first-order valence-electron chi connectivity index (χ1n) is 6.27. The van der Waals surface area contributed by atoms with Crippen molar-refractivity contribution in [3.8, 4) is 6.07 Å². The zero-order valence-corrected chi connectivity index (χ0v) is 11.1. The average molecular weight is 279 g/mol. The molecule has 0 aliphatic rings. The molecule has 0 heterocycles. The average Bonchev–Trinajstić information content (AvgIpc) is 2.55. The molecule has 0 aliphatic carbocycles. The van der Waals surface area contributed by atoms with Crippen LogP contribution in [0.25, 0.3) is 0 Å². The second-order valence-corrected chi connectivity index (χ2v) is 4.28. The van der Waals surface area contributed by atoms with E-state index in [-0.39, 0.29) is 0 Å². The number of amides is 1. The molecule has 2 aromatic carbocycles. The fourth-order valence-electron chi connectivity index (χ4n) is 1.66. The molecule has 21 heavy (non-hydrogen) atoms. The van der Waals surface area contributed by atoms with Crippen molar-refractivity contribution in [1.82, 2.24) is 5.43 Å². The summed E-state index contributed by atoms with van der Waals surface area (Å²) < 4.78 is 0. The standard InChI is InChI=1S/C16H13N3O2/c17-10-12-6-8-13(9-7-12)11-18-19-16(21)15(20)14-4-2-1-3-5-14/h1-9,11,15,20H,(H,19,21)/b18-11-/t15-/m1/s1. The highest BCUT2D eigenvalue weighted by molar-refractivity contribution is 5.85. The maximum atomic E-state index is 11.7. The van der Waals surface area contributed by atoms with E-state index in [0.717, 1.165) is 5.56 Å². The smallest absolute Gasteiger partial charge is 0.273 e. The van der Waals surface area contributed by atoms with E-state index in [1.165, 1.54) is 6.21 Å². The first-order chi connectivity index (χ1) is 10.2. The lowest BCUT2D eigenvalue weighted by Gasteiger charge is -2.08. The van der Waals surface area contributed by atoms with E-state index in [1.54, 1.807) is 54.6 Å². The highest BCUT2D eigenvalue weighted by atomic mass is 16.3. The molecule has 2 rings (SSSR count). The number of nitrogens with zero attached hydrogens (tertiary/aromatic N) is 2. The van der Waals surface area contributed by atoms with Crippen LogP contribution in [0.5, 0.6) is 0 Å². The third-order valence-electron chi connectivity index (χ3n) is 2.79. The molecule has 0 bridgehead atoms. The second kappa shape index (κ2) is 6.98. The fraction of sp³-hybridized carbons (Fsp3) is 0.0625. The zero-order valence-electron chi connectivity index (χ0n) is 11.1. The van der Waals surface area contributed by atoms with Crippen molar-refractivity contribution in [2.75, 3.05) is 0 Å². The second-order valence-electron chi connectivity index (χ2n) is 4.28. The number of hydrogen-bond acceptors (Lipinski definition) is 4. The Kier molecular flexibility index (Phi) is 4.80. The van der Waals surface area contributed by atoms with E-state index in [2.05, 4.69) is 10.5 Å². The van der Waals surface area contributed by atoms with Gasteiger partial charge in [-0.25, -0.2) is 5.43 Å². The summed E-state index contributed by atoms with van der Waals surface area (Å²) in [6.07, 6.45) is 0.181. The molecule has 0 spiro atoms. The largest absolute Gasteiger partial charge is 0.378 e. The van der Waals surface area contributed by atoms with Crippen LogP contribution < -0.4 is 5.43 Å². The minimum absolute atomic E-state index is 0.503. The lowest BCUT2D eigenvalue weighted by molar-refractivity contribution is -0.129. The van der Waals surface area contributed by atoms with Crippen LogP contribution in [0, 0.1) is 11.3 Å². The molecule has 2 aromatic rings. The maximum Gasteiger partial charge on any atom is 0.273 e. The van der Waals surface area contributed by atoms with Crippen LogP contribution in [0.2, 0.25) is 0 Å². The minimum atomic E-state index is -1.26. The van der Waals surface area contributed by atoms with Gasteiger partial charge in [-0.3, -0.25) is 4.79 Å². The van der Waals surface area contributed by atoms with Crippen molar-refractivity contribution < 1.29 is 9.90 Å². The monoisotopic (exact) mass is 279 g/mol. The molecular formula is C16H13N3O2. The Hall–Kier alpha value is -2.97. The highest BCUT2D eigenvalue weighted by Crippen LogP contribution is 2.11. The van der Waals surface area contributed by atoms with Crippen molar-refractivity contribution in [3.05, 3.63) is 71.3 Å². The molecule has 0 aromatic heterocycles. The molecule has 1 atom stereocenters. The molecule has 0 saturated carbocycles. The normalized spacial score (nSPS) is 11.8. The van der Waals surface area contributed by atoms with Gasteiger partial charge in [0.05, 0.1) is 17.8 Å². The summed E-state index contributed by atoms with van der Waals surface area (Å²) in [6.45, 7) is 0. The predicted molar refractivity (Wildman–Crippen MR) is 78.3 cm³/mol. The fourth-order valence-corrected chi connectivity index (χ4v) is 1.66. The van der Waals surface area contributed by atoms with Gasteiger partial charge in [0.1, 0.15) is 0 Å². The molecule has 0 radical (unpaired) electrons. The third kappa shape index (κ3) is 4.00. The van der Waals surface area contributed by atoms with E-state index < -0.39 is 12.0 Å². The Morgan fingerprint density at radius 1 is 1.19 bits per heavy atom. The first kappa shape index (κ1) is 14.4. The first-order valence-corrected chi connectivity index (χ1v) is 6.27. The van der Waals surface area contributed by atoms with Gasteiger partial charge in [0, 0.05) is 0 Å². The van der Waals surface area contributed by atoms with Crippen molar-refractivity contribution in [3.63, 3.8) is 0 Å². The van der Waals surface area contributed by atoms with E-state index in [9.17, 15) is 9.90 Å². The summed E-state index contributed by atoms with van der Waals surface area (Å²) in [5.74, 6) is -0.605. The Morgan fingerprint density at radius 2 is 1.86 bits per heavy atom. The van der Waals surface area contributed by atoms with E-state index in [4.69, 9.17) is 5.26 Å². The number of aliphatic hydroxyl groups is 1. The summed E-state index contributed by atoms with van der Waals surface area (Å²) in [5, 5.41) is 22.3. The Bertz CT molecular complexity index is 673. The summed E-state index contributed by atoms with van der Waals surface area (Å²) in [7, 11) is 0. The van der Waals surface area contributed by atoms with Gasteiger partial charge >= 0.3 is 0 Å². The lowest BCUT2D eigenvalue weighted by atomic mass is 10.1. The number of hydrogen-bond donors (Lipinski definition) is 2. The summed E-state index contributed by atoms with van der Waals surface area (Å²) in [5.41, 5.74) is 4.07. The number of nitrogens with one attached hydrogen (secondary N) is 1. The zero-order chi connectivity index (χ0) is 15.1. The van der Waals surface area contributed by atoms with E-state index >= 15 is 0 Å². The number of carbonyl (C=O) groups excluding carboxylic acids is 1. The predicted octanol–water partition coefficient (Wildman–Crippen LogP) is 1.74. The number of nitriles is 1. The van der Waals surface area contributed by atoms with Gasteiger partial charge in [-0.05, 0) is 23.3 Å². The summed E-state index contributed by atoms with van der Waals surface area (Å²) in [6, 6.07) is 17.4. The van der Waals surface area contributed by atoms with Gasteiger partial charge in [0.2, 0.25) is 0 Å². The number of aliphatic hydroxyl groups excluding tert-OH is 1. The van der Waals surface area contributed by atoms with Crippen LogP contribution >= 0.6 is 0 Å². The van der Waals surface area contributed by atoms with Crippen molar-refractivity contribution in [2.45, 2.75) is 6.10 Å². The molecule has 104 valence electrons. The Morgan fingerprint density at radius 3 is 2.48 bits per heavy atom. The molecule has 0 fully saturated rings. The van der Waals surface area contributed by atoms with Gasteiger partial charge in [0.15, 0.2) is 6.10 Å². The van der Waals surface area contributed by atoms with Gasteiger partial charge in [-0.2, -0.15) is 10.4 Å². The lowest BCUT2D eigenvalue weighted by Crippen LogP contribution is -2.25. The van der Waals surface area contributed by atoms with Crippen LogP contribution in [0.15, 0.2) is 59.7 Å². The van der Waals surface area contributed by atoms with Gasteiger partial charge < -0.3 is 5.11 Å². The minimum Gasteiger partial charge on any atom is -0.378 e. The SMILES string of the molecule is N#Cc1ccc(/C=N\NC(=O)[C@H](O)c2ccccc2)cc1. The number of carbonyl (C=O) groups is 1. The maximum absolute atomic E-state index is 11.7. The van der Waals surface area contributed by atoms with Gasteiger partial charge in [-0.1, -0.05) is 42.5 Å². The van der Waals surface area contributed by atoms with Crippen LogP contribution in [-0.4, -0.2) is 17.2 Å². The van der Waals surface area contributed by atoms with Gasteiger partial charge in [0.25, 0.3) is 5.91 Å². The quantitative estimate of drug-likeness (QED) is 0.660. The summed E-state index contributed by atoms with van der Waals surface area (Å²) >= 11 is 0. The molecule has 5 heteroatoms. The van der Waals surface area contributed by atoms with Crippen LogP contribution in [0.3, 0.4) is 0 Å². The molecule has 1 amide bonds. The topological polar surface area (TPSA) is 85.5 Å². The molecular weight excluding hydrogens is 266 g/mol. The van der Waals surface area contributed by atoms with Crippen LogP contribution in [-0.2, 0) is 4.79 Å². The van der Waals surface area contributed by atoms with Crippen LogP contribution in [0.1, 0.15) is 22.8 Å².